The molecule has 28 heavy (non-hydrogen) atoms. The number of aromatic nitrogens is 4. The highest BCUT2D eigenvalue weighted by atomic mass is 15.4. The number of hydrogen-bond acceptors (Lipinski definition) is 5. The molecule has 6 heteroatoms. The smallest absolute Gasteiger partial charge is 0.186 e. The first-order valence-corrected chi connectivity index (χ1v) is 9.03. The maximum Gasteiger partial charge on any atom is 0.186 e. The van der Waals surface area contributed by atoms with Gasteiger partial charge in [-0.3, -0.25) is 0 Å². The third-order valence-corrected chi connectivity index (χ3v) is 4.80. The molecule has 5 rings (SSSR count). The van der Waals surface area contributed by atoms with Crippen molar-refractivity contribution in [3.63, 3.8) is 0 Å². The first-order valence-electron chi connectivity index (χ1n) is 9.03. The predicted octanol–water partition coefficient (Wildman–Crippen LogP) is 4.58. The number of aryl methyl sites for hydroxylation is 1. The molecule has 0 saturated carbocycles. The molecular weight excluding hydrogens is 348 g/mol. The molecule has 0 spiro atoms. The first-order chi connectivity index (χ1) is 13.7. The Labute approximate surface area is 161 Å². The Hall–Kier alpha value is -3.93. The molecule has 0 aliphatic carbocycles. The Kier molecular flexibility index (Phi) is 3.69. The summed E-state index contributed by atoms with van der Waals surface area (Å²) in [4.78, 5) is 0. The van der Waals surface area contributed by atoms with E-state index in [2.05, 4.69) is 28.5 Å². The summed E-state index contributed by atoms with van der Waals surface area (Å²) in [7, 11) is 0. The van der Waals surface area contributed by atoms with E-state index in [4.69, 9.17) is 10.8 Å². The Bertz CT molecular complexity index is 1320. The zero-order valence-corrected chi connectivity index (χ0v) is 15.3. The van der Waals surface area contributed by atoms with Crippen LogP contribution < -0.4 is 11.1 Å². The second-order valence-electron chi connectivity index (χ2n) is 6.72. The molecule has 2 heterocycles. The van der Waals surface area contributed by atoms with E-state index in [1.807, 2.05) is 66.7 Å². The quantitative estimate of drug-likeness (QED) is 0.457. The van der Waals surface area contributed by atoms with Crippen molar-refractivity contribution in [1.29, 1.82) is 0 Å². The van der Waals surface area contributed by atoms with Crippen LogP contribution in [0.5, 0.6) is 0 Å². The average Bonchev–Trinajstić information content (AvgIpc) is 3.12. The van der Waals surface area contributed by atoms with Crippen LogP contribution >= 0.6 is 0 Å². The van der Waals surface area contributed by atoms with E-state index in [1.165, 1.54) is 0 Å². The van der Waals surface area contributed by atoms with Crippen molar-refractivity contribution in [2.45, 2.75) is 6.92 Å². The van der Waals surface area contributed by atoms with E-state index in [1.54, 1.807) is 4.52 Å². The lowest BCUT2D eigenvalue weighted by atomic mass is 10.1. The zero-order valence-electron chi connectivity index (χ0n) is 15.3. The normalized spacial score (nSPS) is 11.2. The SMILES string of the molecule is Cc1ccccc1-c1nnc2c3ccccc3c(Nc3cccc(N)c3)nn12. The molecule has 0 fully saturated rings. The van der Waals surface area contributed by atoms with Crippen molar-refractivity contribution in [2.75, 3.05) is 11.1 Å². The summed E-state index contributed by atoms with van der Waals surface area (Å²) in [5.41, 5.74) is 10.4. The van der Waals surface area contributed by atoms with Crippen molar-refractivity contribution in [2.24, 2.45) is 0 Å². The van der Waals surface area contributed by atoms with Crippen molar-refractivity contribution >= 4 is 33.6 Å². The molecule has 0 aliphatic heterocycles. The summed E-state index contributed by atoms with van der Waals surface area (Å²) in [5, 5.41) is 19.1. The van der Waals surface area contributed by atoms with Crippen LogP contribution in [0.1, 0.15) is 5.56 Å². The van der Waals surface area contributed by atoms with Crippen LogP contribution in [0.25, 0.3) is 27.8 Å². The molecule has 0 saturated heterocycles. The monoisotopic (exact) mass is 366 g/mol. The van der Waals surface area contributed by atoms with Gasteiger partial charge in [-0.25, -0.2) is 0 Å². The minimum absolute atomic E-state index is 0.695. The van der Waals surface area contributed by atoms with Gasteiger partial charge in [-0.15, -0.1) is 15.3 Å². The Morgan fingerprint density at radius 2 is 1.64 bits per heavy atom. The van der Waals surface area contributed by atoms with Gasteiger partial charge in [0.1, 0.15) is 0 Å². The van der Waals surface area contributed by atoms with Gasteiger partial charge >= 0.3 is 0 Å². The number of benzene rings is 3. The van der Waals surface area contributed by atoms with E-state index in [9.17, 15) is 0 Å². The van der Waals surface area contributed by atoms with Crippen molar-refractivity contribution in [1.82, 2.24) is 19.8 Å². The fraction of sp³-hybridized carbons (Fsp3) is 0.0455. The van der Waals surface area contributed by atoms with Crippen LogP contribution in [-0.4, -0.2) is 19.8 Å². The Morgan fingerprint density at radius 1 is 0.857 bits per heavy atom. The molecule has 0 aliphatic rings. The van der Waals surface area contributed by atoms with E-state index < -0.39 is 0 Å². The van der Waals surface area contributed by atoms with Gasteiger partial charge < -0.3 is 11.1 Å². The van der Waals surface area contributed by atoms with Crippen LogP contribution in [-0.2, 0) is 0 Å². The highest BCUT2D eigenvalue weighted by molar-refractivity contribution is 6.01. The summed E-state index contributed by atoms with van der Waals surface area (Å²) < 4.78 is 1.80. The number of rotatable bonds is 3. The number of anilines is 3. The van der Waals surface area contributed by atoms with Gasteiger partial charge in [-0.2, -0.15) is 4.52 Å². The van der Waals surface area contributed by atoms with Gasteiger partial charge in [0.15, 0.2) is 17.3 Å². The van der Waals surface area contributed by atoms with Gasteiger partial charge in [0, 0.05) is 27.7 Å². The molecule has 0 atom stereocenters. The standard InChI is InChI=1S/C22H18N6/c1-14-7-2-3-10-17(14)21-25-26-22-19-12-5-4-11-18(19)20(27-28(21)22)24-16-9-6-8-15(23)13-16/h2-13H,23H2,1H3,(H,24,27). The lowest BCUT2D eigenvalue weighted by molar-refractivity contribution is 0.949. The second kappa shape index (κ2) is 6.35. The van der Waals surface area contributed by atoms with Gasteiger partial charge in [-0.1, -0.05) is 54.6 Å². The maximum atomic E-state index is 5.93. The molecule has 6 nitrogen and oxygen atoms in total. The van der Waals surface area contributed by atoms with Gasteiger partial charge in [0.2, 0.25) is 0 Å². The summed E-state index contributed by atoms with van der Waals surface area (Å²) >= 11 is 0. The zero-order chi connectivity index (χ0) is 19.1. The summed E-state index contributed by atoms with van der Waals surface area (Å²) in [6.45, 7) is 2.06. The summed E-state index contributed by atoms with van der Waals surface area (Å²) in [6, 6.07) is 23.8. The van der Waals surface area contributed by atoms with E-state index in [0.717, 1.165) is 44.9 Å². The third kappa shape index (κ3) is 2.63. The largest absolute Gasteiger partial charge is 0.399 e. The van der Waals surface area contributed by atoms with Gasteiger partial charge in [-0.05, 0) is 30.7 Å². The molecule has 0 radical (unpaired) electrons. The maximum absolute atomic E-state index is 5.93. The van der Waals surface area contributed by atoms with E-state index in [0.29, 0.717) is 5.69 Å². The average molecular weight is 366 g/mol. The minimum atomic E-state index is 0.695. The first kappa shape index (κ1) is 16.3. The van der Waals surface area contributed by atoms with E-state index in [-0.39, 0.29) is 0 Å². The van der Waals surface area contributed by atoms with Crippen molar-refractivity contribution in [3.8, 4) is 11.4 Å². The number of fused-ring (bicyclic) bond motifs is 3. The summed E-state index contributed by atoms with van der Waals surface area (Å²) in [5.74, 6) is 1.44. The topological polar surface area (TPSA) is 81.1 Å². The lowest BCUT2D eigenvalue weighted by Gasteiger charge is -2.11. The molecule has 5 aromatic rings. The van der Waals surface area contributed by atoms with Crippen LogP contribution in [0.2, 0.25) is 0 Å². The molecule has 3 N–H and O–H groups in total. The number of nitrogens with zero attached hydrogens (tertiary/aromatic N) is 4. The molecule has 2 aromatic heterocycles. The van der Waals surface area contributed by atoms with Crippen molar-refractivity contribution in [3.05, 3.63) is 78.4 Å². The fourth-order valence-corrected chi connectivity index (χ4v) is 3.42. The Morgan fingerprint density at radius 3 is 2.46 bits per heavy atom. The number of hydrogen-bond donors (Lipinski definition) is 2. The summed E-state index contributed by atoms with van der Waals surface area (Å²) in [6.07, 6.45) is 0. The Balaban J connectivity index is 1.77. The van der Waals surface area contributed by atoms with Gasteiger partial charge in [0.05, 0.1) is 0 Å². The van der Waals surface area contributed by atoms with Crippen LogP contribution in [0, 0.1) is 6.92 Å². The minimum Gasteiger partial charge on any atom is -0.399 e. The predicted molar refractivity (Wildman–Crippen MR) is 113 cm³/mol. The van der Waals surface area contributed by atoms with Gasteiger partial charge in [0.25, 0.3) is 0 Å². The highest BCUT2D eigenvalue weighted by Gasteiger charge is 2.16. The van der Waals surface area contributed by atoms with Crippen LogP contribution in [0.4, 0.5) is 17.2 Å². The second-order valence-corrected chi connectivity index (χ2v) is 6.72. The lowest BCUT2D eigenvalue weighted by Crippen LogP contribution is -2.03. The molecule has 0 bridgehead atoms. The number of nitrogens with two attached hydrogens (primary N) is 1. The highest BCUT2D eigenvalue weighted by Crippen LogP contribution is 2.30. The third-order valence-electron chi connectivity index (χ3n) is 4.80. The number of nitrogen functional groups attached to an aromatic ring is 1. The number of nitrogens with one attached hydrogen (secondary N) is 1. The van der Waals surface area contributed by atoms with E-state index >= 15 is 0 Å². The molecular formula is C22H18N6. The molecule has 136 valence electrons. The molecule has 0 amide bonds. The molecule has 3 aromatic carbocycles. The van der Waals surface area contributed by atoms with Crippen LogP contribution in [0.3, 0.4) is 0 Å². The molecule has 0 unspecified atom stereocenters. The fourth-order valence-electron chi connectivity index (χ4n) is 3.42. The van der Waals surface area contributed by atoms with Crippen molar-refractivity contribution < 1.29 is 0 Å². The van der Waals surface area contributed by atoms with Crippen LogP contribution in [0.15, 0.2) is 72.8 Å².